The molecule has 32 heavy (non-hydrogen) atoms. The number of rotatable bonds is 8. The Balaban J connectivity index is 1.70. The van der Waals surface area contributed by atoms with E-state index in [1.807, 2.05) is 45.0 Å². The van der Waals surface area contributed by atoms with E-state index >= 15 is 0 Å². The SMILES string of the molecule is COc1cc(C(=O)N/N=C/c2c(C)nn(Cc3ccc(Cl)cc3)c2Cl)ccc1OC(C)C. The van der Waals surface area contributed by atoms with Gasteiger partial charge < -0.3 is 9.47 Å². The van der Waals surface area contributed by atoms with Gasteiger partial charge in [-0.2, -0.15) is 10.2 Å². The van der Waals surface area contributed by atoms with E-state index in [2.05, 4.69) is 15.6 Å². The van der Waals surface area contributed by atoms with Crippen molar-refractivity contribution in [1.82, 2.24) is 15.2 Å². The standard InChI is InChI=1S/C23H24Cl2N4O3/c1-14(2)32-20-10-7-17(11-21(20)31-4)23(30)27-26-12-19-15(3)28-29(22(19)25)13-16-5-8-18(24)9-6-16/h5-12,14H,13H2,1-4H3,(H,27,30)/b26-12+. The number of hydrogen-bond donors (Lipinski definition) is 1. The quantitative estimate of drug-likeness (QED) is 0.363. The number of ether oxygens (including phenoxy) is 2. The van der Waals surface area contributed by atoms with Crippen molar-refractivity contribution in [2.45, 2.75) is 33.4 Å². The van der Waals surface area contributed by atoms with Crippen molar-refractivity contribution in [2.24, 2.45) is 5.10 Å². The molecule has 0 fully saturated rings. The number of hydrazone groups is 1. The van der Waals surface area contributed by atoms with Gasteiger partial charge in [-0.3, -0.25) is 4.79 Å². The first-order chi connectivity index (χ1) is 15.3. The predicted molar refractivity (Wildman–Crippen MR) is 126 cm³/mol. The van der Waals surface area contributed by atoms with Crippen molar-refractivity contribution < 1.29 is 14.3 Å². The van der Waals surface area contributed by atoms with E-state index in [-0.39, 0.29) is 6.10 Å². The third-order valence-electron chi connectivity index (χ3n) is 4.50. The molecule has 0 saturated heterocycles. The van der Waals surface area contributed by atoms with Crippen LogP contribution in [0.15, 0.2) is 47.6 Å². The van der Waals surface area contributed by atoms with Gasteiger partial charge in [-0.1, -0.05) is 35.3 Å². The molecule has 3 rings (SSSR count). The Morgan fingerprint density at radius 3 is 2.56 bits per heavy atom. The molecule has 168 valence electrons. The van der Waals surface area contributed by atoms with Crippen molar-refractivity contribution in [2.75, 3.05) is 7.11 Å². The monoisotopic (exact) mass is 474 g/mol. The van der Waals surface area contributed by atoms with Gasteiger partial charge in [-0.15, -0.1) is 0 Å². The lowest BCUT2D eigenvalue weighted by Gasteiger charge is -2.14. The fourth-order valence-corrected chi connectivity index (χ4v) is 3.37. The van der Waals surface area contributed by atoms with E-state index in [4.69, 9.17) is 32.7 Å². The van der Waals surface area contributed by atoms with Gasteiger partial charge in [0.25, 0.3) is 5.91 Å². The number of nitrogens with zero attached hydrogens (tertiary/aromatic N) is 3. The third kappa shape index (κ3) is 5.81. The number of halogens is 2. The first-order valence-corrected chi connectivity index (χ1v) is 10.7. The summed E-state index contributed by atoms with van der Waals surface area (Å²) < 4.78 is 12.7. The van der Waals surface area contributed by atoms with Gasteiger partial charge in [-0.05, 0) is 56.7 Å². The van der Waals surface area contributed by atoms with Gasteiger partial charge in [0.05, 0.1) is 37.2 Å². The van der Waals surface area contributed by atoms with Gasteiger partial charge in [-0.25, -0.2) is 10.1 Å². The van der Waals surface area contributed by atoms with Crippen LogP contribution in [-0.4, -0.2) is 35.1 Å². The van der Waals surface area contributed by atoms with Gasteiger partial charge >= 0.3 is 0 Å². The third-order valence-corrected chi connectivity index (χ3v) is 5.15. The van der Waals surface area contributed by atoms with Gasteiger partial charge in [0.2, 0.25) is 0 Å². The largest absolute Gasteiger partial charge is 0.493 e. The molecule has 1 aromatic heterocycles. The summed E-state index contributed by atoms with van der Waals surface area (Å²) in [6, 6.07) is 12.4. The molecule has 0 aliphatic rings. The number of aryl methyl sites for hydroxylation is 1. The molecule has 7 nitrogen and oxygen atoms in total. The molecule has 9 heteroatoms. The van der Waals surface area contributed by atoms with Gasteiger partial charge in [0.15, 0.2) is 11.5 Å². The van der Waals surface area contributed by atoms with Crippen LogP contribution < -0.4 is 14.9 Å². The molecule has 3 aromatic rings. The Morgan fingerprint density at radius 1 is 1.19 bits per heavy atom. The molecule has 0 aliphatic carbocycles. The lowest BCUT2D eigenvalue weighted by molar-refractivity contribution is 0.0954. The van der Waals surface area contributed by atoms with E-state index in [0.717, 1.165) is 5.56 Å². The van der Waals surface area contributed by atoms with E-state index < -0.39 is 5.91 Å². The topological polar surface area (TPSA) is 77.7 Å². The second-order valence-electron chi connectivity index (χ2n) is 7.31. The Kier molecular flexibility index (Phi) is 7.77. The molecule has 0 spiro atoms. The molecule has 0 aliphatic heterocycles. The molecule has 1 amide bonds. The average Bonchev–Trinajstić information content (AvgIpc) is 3.02. The van der Waals surface area contributed by atoms with Gasteiger partial charge in [0, 0.05) is 10.6 Å². The number of carbonyl (C=O) groups excluding carboxylic acids is 1. The fraction of sp³-hybridized carbons (Fsp3) is 0.261. The lowest BCUT2D eigenvalue weighted by atomic mass is 10.2. The summed E-state index contributed by atoms with van der Waals surface area (Å²) in [6.45, 7) is 6.15. The second-order valence-corrected chi connectivity index (χ2v) is 8.10. The Hall–Kier alpha value is -3.03. The minimum atomic E-state index is -0.391. The number of carbonyl (C=O) groups is 1. The van der Waals surface area contributed by atoms with Crippen LogP contribution in [0.1, 0.15) is 41.0 Å². The summed E-state index contributed by atoms with van der Waals surface area (Å²) in [5.41, 5.74) is 5.21. The number of benzene rings is 2. The summed E-state index contributed by atoms with van der Waals surface area (Å²) in [7, 11) is 1.52. The zero-order valence-electron chi connectivity index (χ0n) is 18.2. The minimum Gasteiger partial charge on any atom is -0.493 e. The fourth-order valence-electron chi connectivity index (χ4n) is 2.96. The predicted octanol–water partition coefficient (Wildman–Crippen LogP) is 5.11. The van der Waals surface area contributed by atoms with Crippen molar-refractivity contribution in [3.8, 4) is 11.5 Å². The minimum absolute atomic E-state index is 0.0122. The number of methoxy groups -OCH3 is 1. The summed E-state index contributed by atoms with van der Waals surface area (Å²) in [6.07, 6.45) is 1.47. The summed E-state index contributed by atoms with van der Waals surface area (Å²) in [5, 5.41) is 9.59. The first-order valence-electron chi connectivity index (χ1n) is 9.94. The van der Waals surface area contributed by atoms with Crippen LogP contribution >= 0.6 is 23.2 Å². The summed E-state index contributed by atoms with van der Waals surface area (Å²) >= 11 is 12.4. The molecular weight excluding hydrogens is 451 g/mol. The zero-order valence-corrected chi connectivity index (χ0v) is 19.7. The normalized spacial score (nSPS) is 11.2. The maximum Gasteiger partial charge on any atom is 0.271 e. The number of nitrogens with one attached hydrogen (secondary N) is 1. The second kappa shape index (κ2) is 10.5. The molecule has 1 heterocycles. The van der Waals surface area contributed by atoms with E-state index in [9.17, 15) is 4.79 Å². The molecule has 0 unspecified atom stereocenters. The highest BCUT2D eigenvalue weighted by Crippen LogP contribution is 2.29. The first kappa shape index (κ1) is 23.6. The Labute approximate surface area is 196 Å². The van der Waals surface area contributed by atoms with Crippen molar-refractivity contribution in [3.63, 3.8) is 0 Å². The lowest BCUT2D eigenvalue weighted by Crippen LogP contribution is -2.18. The molecule has 1 N–H and O–H groups in total. The van der Waals surface area contributed by atoms with E-state index in [1.165, 1.54) is 13.3 Å². The average molecular weight is 475 g/mol. The van der Waals surface area contributed by atoms with Crippen LogP contribution in [0.3, 0.4) is 0 Å². The number of amides is 1. The Morgan fingerprint density at radius 2 is 1.91 bits per heavy atom. The molecule has 0 saturated carbocycles. The van der Waals surface area contributed by atoms with Crippen LogP contribution in [0.4, 0.5) is 0 Å². The van der Waals surface area contributed by atoms with E-state index in [1.54, 1.807) is 22.9 Å². The summed E-state index contributed by atoms with van der Waals surface area (Å²) in [4.78, 5) is 12.5. The van der Waals surface area contributed by atoms with Crippen LogP contribution in [0.5, 0.6) is 11.5 Å². The maximum absolute atomic E-state index is 12.5. The highest BCUT2D eigenvalue weighted by molar-refractivity contribution is 6.32. The highest BCUT2D eigenvalue weighted by atomic mass is 35.5. The Bertz CT molecular complexity index is 1130. The van der Waals surface area contributed by atoms with Crippen molar-refractivity contribution in [3.05, 3.63) is 75.0 Å². The van der Waals surface area contributed by atoms with Crippen LogP contribution in [-0.2, 0) is 6.54 Å². The van der Waals surface area contributed by atoms with E-state index in [0.29, 0.717) is 45.0 Å². The molecule has 0 bridgehead atoms. The number of hydrogen-bond acceptors (Lipinski definition) is 5. The van der Waals surface area contributed by atoms with Crippen molar-refractivity contribution >= 4 is 35.3 Å². The van der Waals surface area contributed by atoms with Crippen LogP contribution in [0.25, 0.3) is 0 Å². The van der Waals surface area contributed by atoms with Crippen molar-refractivity contribution in [1.29, 1.82) is 0 Å². The highest BCUT2D eigenvalue weighted by Gasteiger charge is 2.14. The summed E-state index contributed by atoms with van der Waals surface area (Å²) in [5.74, 6) is 0.647. The zero-order chi connectivity index (χ0) is 23.3. The van der Waals surface area contributed by atoms with Crippen LogP contribution in [0, 0.1) is 6.92 Å². The molecule has 0 radical (unpaired) electrons. The van der Waals surface area contributed by atoms with Gasteiger partial charge in [0.1, 0.15) is 5.15 Å². The molecule has 0 atom stereocenters. The maximum atomic E-state index is 12.5. The molecule has 2 aromatic carbocycles. The van der Waals surface area contributed by atoms with Crippen LogP contribution in [0.2, 0.25) is 10.2 Å². The smallest absolute Gasteiger partial charge is 0.271 e. The number of aromatic nitrogens is 2. The molecular formula is C23H24Cl2N4O3.